The van der Waals surface area contributed by atoms with Crippen LogP contribution in [0.15, 0.2) is 6.08 Å². The zero-order valence-electron chi connectivity index (χ0n) is 12.9. The van der Waals surface area contributed by atoms with Crippen LogP contribution in [-0.4, -0.2) is 30.7 Å². The van der Waals surface area contributed by atoms with Gasteiger partial charge in [-0.3, -0.25) is 0 Å². The van der Waals surface area contributed by atoms with Crippen LogP contribution in [0.2, 0.25) is 0 Å². The van der Waals surface area contributed by atoms with Crippen molar-refractivity contribution in [3.63, 3.8) is 0 Å². The number of nitrogens with zero attached hydrogens (tertiary/aromatic N) is 4. The van der Waals surface area contributed by atoms with E-state index in [-0.39, 0.29) is 0 Å². The Hall–Kier alpha value is -2.28. The first-order valence-corrected chi connectivity index (χ1v) is 8.46. The maximum Gasteiger partial charge on any atom is 0.328 e. The third-order valence-electron chi connectivity index (χ3n) is 4.33. The molecule has 1 atom stereocenters. The summed E-state index contributed by atoms with van der Waals surface area (Å²) in [6.07, 6.45) is 5.98. The lowest BCUT2D eigenvalue weighted by molar-refractivity contribution is -0.131. The standard InChI is InChI=1S/C16H16N4O2S/c1-8-4-3-5-10-13(8)14-15-18-11(6-7-12(21)22)19-20(15)9(2)17-16(14)23-10/h6-8H,3-5H2,1-2H3,(H,21,22)/b7-6-. The lowest BCUT2D eigenvalue weighted by Crippen LogP contribution is -2.05. The number of carboxylic acids is 1. The second kappa shape index (κ2) is 5.13. The summed E-state index contributed by atoms with van der Waals surface area (Å²) in [7, 11) is 0. The molecule has 118 valence electrons. The van der Waals surface area contributed by atoms with Gasteiger partial charge in [0.25, 0.3) is 0 Å². The molecule has 23 heavy (non-hydrogen) atoms. The van der Waals surface area contributed by atoms with Crippen LogP contribution in [0.25, 0.3) is 21.9 Å². The second-order valence-electron chi connectivity index (χ2n) is 5.95. The molecule has 0 saturated heterocycles. The fourth-order valence-corrected chi connectivity index (χ4v) is 4.69. The van der Waals surface area contributed by atoms with E-state index in [9.17, 15) is 4.79 Å². The largest absolute Gasteiger partial charge is 0.478 e. The molecule has 1 aliphatic rings. The van der Waals surface area contributed by atoms with Gasteiger partial charge in [0, 0.05) is 11.0 Å². The van der Waals surface area contributed by atoms with E-state index in [0.717, 1.165) is 34.2 Å². The Morgan fingerprint density at radius 1 is 1.43 bits per heavy atom. The van der Waals surface area contributed by atoms with Crippen molar-refractivity contribution in [1.82, 2.24) is 19.6 Å². The number of hydrogen-bond acceptors (Lipinski definition) is 5. The normalized spacial score (nSPS) is 18.1. The average molecular weight is 328 g/mol. The number of thiophene rings is 1. The fourth-order valence-electron chi connectivity index (χ4n) is 3.32. The minimum absolute atomic E-state index is 0.396. The van der Waals surface area contributed by atoms with Gasteiger partial charge in [0.05, 0.1) is 5.39 Å². The van der Waals surface area contributed by atoms with Crippen LogP contribution in [0.3, 0.4) is 0 Å². The molecule has 0 aliphatic heterocycles. The number of aliphatic carboxylic acids is 1. The van der Waals surface area contributed by atoms with Crippen molar-refractivity contribution in [2.24, 2.45) is 0 Å². The maximum absolute atomic E-state index is 10.7. The Morgan fingerprint density at radius 2 is 2.26 bits per heavy atom. The summed E-state index contributed by atoms with van der Waals surface area (Å²) < 4.78 is 1.72. The molecule has 0 saturated carbocycles. The van der Waals surface area contributed by atoms with E-state index in [1.54, 1.807) is 15.9 Å². The SMILES string of the molecule is Cc1nc2sc3c(c2c2nc(/C=C\C(=O)O)nn12)C(C)CCC3. The highest BCUT2D eigenvalue weighted by Gasteiger charge is 2.25. The third kappa shape index (κ3) is 2.23. The summed E-state index contributed by atoms with van der Waals surface area (Å²) in [6, 6.07) is 0. The Balaban J connectivity index is 2.03. The lowest BCUT2D eigenvalue weighted by atomic mass is 9.87. The van der Waals surface area contributed by atoms with E-state index in [1.807, 2.05) is 6.92 Å². The molecule has 0 amide bonds. The first-order valence-electron chi connectivity index (χ1n) is 7.64. The molecule has 3 aromatic heterocycles. The molecule has 1 N–H and O–H groups in total. The van der Waals surface area contributed by atoms with Gasteiger partial charge in [-0.05, 0) is 43.7 Å². The minimum atomic E-state index is -1.01. The quantitative estimate of drug-likeness (QED) is 0.731. The fraction of sp³-hybridized carbons (Fsp3) is 0.375. The van der Waals surface area contributed by atoms with Gasteiger partial charge in [0.15, 0.2) is 11.5 Å². The predicted molar refractivity (Wildman–Crippen MR) is 88.9 cm³/mol. The van der Waals surface area contributed by atoms with Crippen molar-refractivity contribution in [3.8, 4) is 0 Å². The molecule has 0 radical (unpaired) electrons. The Labute approximate surface area is 136 Å². The second-order valence-corrected chi connectivity index (χ2v) is 7.03. The van der Waals surface area contributed by atoms with Gasteiger partial charge in [-0.25, -0.2) is 14.8 Å². The van der Waals surface area contributed by atoms with Crippen LogP contribution in [0, 0.1) is 6.92 Å². The molecule has 4 rings (SSSR count). The highest BCUT2D eigenvalue weighted by Crippen LogP contribution is 2.42. The molecule has 0 aromatic carbocycles. The molecule has 0 spiro atoms. The molecule has 7 heteroatoms. The van der Waals surface area contributed by atoms with Crippen molar-refractivity contribution >= 4 is 39.2 Å². The molecule has 3 aromatic rings. The minimum Gasteiger partial charge on any atom is -0.478 e. The number of carboxylic acid groups (broad SMARTS) is 1. The highest BCUT2D eigenvalue weighted by molar-refractivity contribution is 7.19. The number of carbonyl (C=O) groups is 1. The van der Waals surface area contributed by atoms with Gasteiger partial charge in [-0.15, -0.1) is 16.4 Å². The van der Waals surface area contributed by atoms with E-state index in [0.29, 0.717) is 11.7 Å². The third-order valence-corrected chi connectivity index (χ3v) is 5.49. The van der Waals surface area contributed by atoms with Crippen LogP contribution in [0.5, 0.6) is 0 Å². The number of hydrogen-bond donors (Lipinski definition) is 1. The van der Waals surface area contributed by atoms with Gasteiger partial charge < -0.3 is 5.11 Å². The lowest BCUT2D eigenvalue weighted by Gasteiger charge is -2.18. The number of rotatable bonds is 2. The van der Waals surface area contributed by atoms with E-state index < -0.39 is 5.97 Å². The van der Waals surface area contributed by atoms with Gasteiger partial charge in [-0.1, -0.05) is 6.92 Å². The zero-order chi connectivity index (χ0) is 16.1. The summed E-state index contributed by atoms with van der Waals surface area (Å²) in [5.41, 5.74) is 2.14. The molecule has 0 fully saturated rings. The van der Waals surface area contributed by atoms with Crippen LogP contribution in [0.1, 0.15) is 47.8 Å². The maximum atomic E-state index is 10.7. The summed E-state index contributed by atoms with van der Waals surface area (Å²) in [6.45, 7) is 4.15. The molecular formula is C16H16N4O2S. The number of aromatic nitrogens is 4. The van der Waals surface area contributed by atoms with Gasteiger partial charge in [-0.2, -0.15) is 4.52 Å². The summed E-state index contributed by atoms with van der Waals surface area (Å²) >= 11 is 1.76. The van der Waals surface area contributed by atoms with Crippen LogP contribution < -0.4 is 0 Å². The van der Waals surface area contributed by atoms with Crippen molar-refractivity contribution in [2.75, 3.05) is 0 Å². The highest BCUT2D eigenvalue weighted by atomic mass is 32.1. The molecular weight excluding hydrogens is 312 g/mol. The smallest absolute Gasteiger partial charge is 0.328 e. The van der Waals surface area contributed by atoms with Crippen LogP contribution in [-0.2, 0) is 11.2 Å². The molecule has 6 nitrogen and oxygen atoms in total. The Bertz CT molecular complexity index is 970. The topological polar surface area (TPSA) is 80.4 Å². The van der Waals surface area contributed by atoms with E-state index in [2.05, 4.69) is 17.0 Å². The molecule has 1 unspecified atom stereocenters. The van der Waals surface area contributed by atoms with Crippen molar-refractivity contribution in [2.45, 2.75) is 39.0 Å². The monoisotopic (exact) mass is 328 g/mol. The van der Waals surface area contributed by atoms with Gasteiger partial charge in [0.1, 0.15) is 10.7 Å². The molecule has 1 aliphatic carbocycles. The predicted octanol–water partition coefficient (Wildman–Crippen LogP) is 3.19. The van der Waals surface area contributed by atoms with Gasteiger partial charge >= 0.3 is 5.97 Å². The number of aryl methyl sites for hydroxylation is 2. The first-order chi connectivity index (χ1) is 11.0. The summed E-state index contributed by atoms with van der Waals surface area (Å²) in [5.74, 6) is 0.648. The molecule has 0 bridgehead atoms. The van der Waals surface area contributed by atoms with E-state index in [4.69, 9.17) is 10.1 Å². The van der Waals surface area contributed by atoms with E-state index >= 15 is 0 Å². The zero-order valence-corrected chi connectivity index (χ0v) is 13.7. The van der Waals surface area contributed by atoms with Gasteiger partial charge in [0.2, 0.25) is 0 Å². The van der Waals surface area contributed by atoms with Crippen LogP contribution in [0.4, 0.5) is 0 Å². The Kier molecular flexibility index (Phi) is 3.19. The first kappa shape index (κ1) is 14.3. The Morgan fingerprint density at radius 3 is 3.04 bits per heavy atom. The van der Waals surface area contributed by atoms with E-state index in [1.165, 1.54) is 29.4 Å². The summed E-state index contributed by atoms with van der Waals surface area (Å²) in [5, 5.41) is 14.2. The van der Waals surface area contributed by atoms with Crippen molar-refractivity contribution in [1.29, 1.82) is 0 Å². The molecule has 3 heterocycles. The summed E-state index contributed by atoms with van der Waals surface area (Å²) in [4.78, 5) is 22.4. The van der Waals surface area contributed by atoms with Crippen molar-refractivity contribution in [3.05, 3.63) is 28.2 Å². The van der Waals surface area contributed by atoms with Crippen molar-refractivity contribution < 1.29 is 9.90 Å². The number of fused-ring (bicyclic) bond motifs is 5. The van der Waals surface area contributed by atoms with Crippen LogP contribution >= 0.6 is 11.3 Å². The average Bonchev–Trinajstić information content (AvgIpc) is 3.06.